The Labute approximate surface area is 182 Å². The van der Waals surface area contributed by atoms with Crippen molar-refractivity contribution in [3.05, 3.63) is 52.7 Å². The van der Waals surface area contributed by atoms with Crippen LogP contribution in [0.3, 0.4) is 0 Å². The number of rotatable bonds is 6. The molecule has 1 aromatic heterocycles. The van der Waals surface area contributed by atoms with Crippen molar-refractivity contribution in [1.82, 2.24) is 15.2 Å². The van der Waals surface area contributed by atoms with Gasteiger partial charge in [0.2, 0.25) is 11.8 Å². The van der Waals surface area contributed by atoms with Crippen molar-refractivity contribution >= 4 is 34.9 Å². The van der Waals surface area contributed by atoms with Crippen molar-refractivity contribution < 1.29 is 9.59 Å². The van der Waals surface area contributed by atoms with Crippen LogP contribution in [0.4, 0.5) is 11.5 Å². The highest BCUT2D eigenvalue weighted by Gasteiger charge is 2.26. The fraction of sp³-hybridized carbons (Fsp3) is 0.409. The first kappa shape index (κ1) is 22.1. The number of hydrogen-bond donors (Lipinski definition) is 2. The Balaban J connectivity index is 1.45. The lowest BCUT2D eigenvalue weighted by molar-refractivity contribution is -0.128. The van der Waals surface area contributed by atoms with Crippen molar-refractivity contribution in [2.24, 2.45) is 0 Å². The van der Waals surface area contributed by atoms with E-state index < -0.39 is 0 Å². The third-order valence-corrected chi connectivity index (χ3v) is 5.67. The van der Waals surface area contributed by atoms with E-state index in [4.69, 9.17) is 11.6 Å². The monoisotopic (exact) mass is 429 g/mol. The number of carbonyl (C=O) groups is 2. The first-order valence-corrected chi connectivity index (χ1v) is 10.5. The largest absolute Gasteiger partial charge is 0.354 e. The Morgan fingerprint density at radius 2 is 1.77 bits per heavy atom. The van der Waals surface area contributed by atoms with Gasteiger partial charge in [-0.25, -0.2) is 4.98 Å². The summed E-state index contributed by atoms with van der Waals surface area (Å²) >= 11 is 5.90. The van der Waals surface area contributed by atoms with E-state index in [-0.39, 0.29) is 24.4 Å². The Morgan fingerprint density at radius 3 is 2.37 bits per heavy atom. The molecule has 0 saturated carbocycles. The maximum Gasteiger partial charge on any atom is 0.243 e. The van der Waals surface area contributed by atoms with Gasteiger partial charge < -0.3 is 15.5 Å². The molecule has 2 aromatic rings. The van der Waals surface area contributed by atoms with Gasteiger partial charge in [-0.15, -0.1) is 0 Å². The van der Waals surface area contributed by atoms with Gasteiger partial charge in [-0.3, -0.25) is 14.5 Å². The molecule has 1 fully saturated rings. The Kier molecular flexibility index (Phi) is 7.29. The fourth-order valence-corrected chi connectivity index (χ4v) is 3.68. The molecule has 1 saturated heterocycles. The SMILES string of the molecule is Cc1cccc(C)c1NC(=O)CNC(=O)C(C)N1CCN(c2ccc(Cl)cn2)CC1. The van der Waals surface area contributed by atoms with E-state index in [0.29, 0.717) is 5.02 Å². The van der Waals surface area contributed by atoms with Crippen molar-refractivity contribution in [3.63, 3.8) is 0 Å². The van der Waals surface area contributed by atoms with E-state index >= 15 is 0 Å². The summed E-state index contributed by atoms with van der Waals surface area (Å²) in [7, 11) is 0. The number of nitrogens with one attached hydrogen (secondary N) is 2. The molecule has 8 heteroatoms. The highest BCUT2D eigenvalue weighted by atomic mass is 35.5. The van der Waals surface area contributed by atoms with Crippen LogP contribution in [0, 0.1) is 13.8 Å². The first-order chi connectivity index (χ1) is 14.3. The lowest BCUT2D eigenvalue weighted by Gasteiger charge is -2.37. The predicted octanol–water partition coefficient (Wildman–Crippen LogP) is 2.62. The number of nitrogens with zero attached hydrogens (tertiary/aromatic N) is 3. The zero-order valence-corrected chi connectivity index (χ0v) is 18.4. The highest BCUT2D eigenvalue weighted by Crippen LogP contribution is 2.19. The van der Waals surface area contributed by atoms with Crippen molar-refractivity contribution in [1.29, 1.82) is 0 Å². The van der Waals surface area contributed by atoms with E-state index in [9.17, 15) is 9.59 Å². The van der Waals surface area contributed by atoms with Crippen LogP contribution in [-0.4, -0.2) is 60.5 Å². The minimum Gasteiger partial charge on any atom is -0.354 e. The molecule has 0 spiro atoms. The van der Waals surface area contributed by atoms with Crippen molar-refractivity contribution in [2.45, 2.75) is 26.8 Å². The molecule has 1 atom stereocenters. The molecule has 2 heterocycles. The number of aromatic nitrogens is 1. The van der Waals surface area contributed by atoms with Crippen LogP contribution in [0.5, 0.6) is 0 Å². The van der Waals surface area contributed by atoms with Gasteiger partial charge in [0.25, 0.3) is 0 Å². The van der Waals surface area contributed by atoms with Crippen LogP contribution in [0.1, 0.15) is 18.1 Å². The molecule has 7 nitrogen and oxygen atoms in total. The summed E-state index contributed by atoms with van der Waals surface area (Å²) in [5, 5.41) is 6.26. The number of pyridine rings is 1. The molecular formula is C22H28ClN5O2. The van der Waals surface area contributed by atoms with Gasteiger partial charge in [-0.2, -0.15) is 0 Å². The van der Waals surface area contributed by atoms with Crippen LogP contribution in [0.2, 0.25) is 5.02 Å². The van der Waals surface area contributed by atoms with Crippen LogP contribution in [0.25, 0.3) is 0 Å². The molecule has 1 aliphatic rings. The van der Waals surface area contributed by atoms with Gasteiger partial charge in [-0.1, -0.05) is 29.8 Å². The average Bonchev–Trinajstić information content (AvgIpc) is 2.75. The number of piperazine rings is 1. The zero-order chi connectivity index (χ0) is 21.7. The number of carbonyl (C=O) groups excluding carboxylic acids is 2. The number of benzene rings is 1. The maximum atomic E-state index is 12.5. The number of amides is 2. The van der Waals surface area contributed by atoms with Gasteiger partial charge in [0.05, 0.1) is 17.6 Å². The lowest BCUT2D eigenvalue weighted by Crippen LogP contribution is -2.54. The summed E-state index contributed by atoms with van der Waals surface area (Å²) in [6.45, 7) is 8.76. The molecule has 2 amide bonds. The van der Waals surface area contributed by atoms with E-state index in [1.807, 2.05) is 51.1 Å². The molecule has 1 aromatic carbocycles. The van der Waals surface area contributed by atoms with Crippen molar-refractivity contribution in [2.75, 3.05) is 42.9 Å². The molecule has 3 rings (SSSR count). The standard InChI is InChI=1S/C22H28ClN5O2/c1-15-5-4-6-16(2)21(15)26-20(29)14-25-22(30)17(3)27-9-11-28(12-10-27)19-8-7-18(23)13-24-19/h4-8,13,17H,9-12,14H2,1-3H3,(H,25,30)(H,26,29). The third-order valence-electron chi connectivity index (χ3n) is 5.45. The van der Waals surface area contributed by atoms with Crippen LogP contribution in [-0.2, 0) is 9.59 Å². The minimum atomic E-state index is -0.307. The second-order valence-corrected chi connectivity index (χ2v) is 8.00. The molecule has 160 valence electrons. The quantitative estimate of drug-likeness (QED) is 0.738. The van der Waals surface area contributed by atoms with Gasteiger partial charge in [-0.05, 0) is 44.0 Å². The van der Waals surface area contributed by atoms with Crippen LogP contribution < -0.4 is 15.5 Å². The summed E-state index contributed by atoms with van der Waals surface area (Å²) in [4.78, 5) is 33.5. The van der Waals surface area contributed by atoms with E-state index in [2.05, 4.69) is 25.4 Å². The van der Waals surface area contributed by atoms with Crippen molar-refractivity contribution in [3.8, 4) is 0 Å². The summed E-state index contributed by atoms with van der Waals surface area (Å²) in [6, 6.07) is 9.27. The maximum absolute atomic E-state index is 12.5. The van der Waals surface area contributed by atoms with Gasteiger partial charge in [0.15, 0.2) is 0 Å². The Hall–Kier alpha value is -2.64. The number of anilines is 2. The zero-order valence-electron chi connectivity index (χ0n) is 17.6. The normalized spacial score (nSPS) is 15.5. The number of halogens is 1. The third kappa shape index (κ3) is 5.49. The van der Waals surface area contributed by atoms with E-state index in [1.165, 1.54) is 0 Å². The molecule has 1 aliphatic heterocycles. The number of aryl methyl sites for hydroxylation is 2. The second kappa shape index (κ2) is 9.91. The first-order valence-electron chi connectivity index (χ1n) is 10.1. The summed E-state index contributed by atoms with van der Waals surface area (Å²) < 4.78 is 0. The Bertz CT molecular complexity index is 875. The minimum absolute atomic E-state index is 0.0500. The molecule has 2 N–H and O–H groups in total. The van der Waals surface area contributed by atoms with E-state index in [1.54, 1.807) is 6.20 Å². The number of para-hydroxylation sites is 1. The summed E-state index contributed by atoms with van der Waals surface area (Å²) in [6.07, 6.45) is 1.64. The molecule has 0 aliphatic carbocycles. The van der Waals surface area contributed by atoms with Gasteiger partial charge in [0, 0.05) is 38.1 Å². The topological polar surface area (TPSA) is 77.6 Å². The molecule has 1 unspecified atom stereocenters. The molecule has 0 radical (unpaired) electrons. The van der Waals surface area contributed by atoms with E-state index in [0.717, 1.165) is 48.8 Å². The number of hydrogen-bond acceptors (Lipinski definition) is 5. The molecule has 30 heavy (non-hydrogen) atoms. The fourth-order valence-electron chi connectivity index (χ4n) is 3.57. The van der Waals surface area contributed by atoms with Gasteiger partial charge in [0.1, 0.15) is 5.82 Å². The highest BCUT2D eigenvalue weighted by molar-refractivity contribution is 6.30. The van der Waals surface area contributed by atoms with Gasteiger partial charge >= 0.3 is 0 Å². The molecular weight excluding hydrogens is 402 g/mol. The van der Waals surface area contributed by atoms with Crippen LogP contribution in [0.15, 0.2) is 36.5 Å². The Morgan fingerprint density at radius 1 is 1.10 bits per heavy atom. The second-order valence-electron chi connectivity index (χ2n) is 7.57. The lowest BCUT2D eigenvalue weighted by atomic mass is 10.1. The predicted molar refractivity (Wildman–Crippen MR) is 120 cm³/mol. The van der Waals surface area contributed by atoms with Crippen LogP contribution >= 0.6 is 11.6 Å². The smallest absolute Gasteiger partial charge is 0.243 e. The average molecular weight is 430 g/mol. The summed E-state index contributed by atoms with van der Waals surface area (Å²) in [5.74, 6) is 0.510. The molecule has 0 bridgehead atoms. The summed E-state index contributed by atoms with van der Waals surface area (Å²) in [5.41, 5.74) is 2.80.